The number of hydrogen-bond acceptors (Lipinski definition) is 5. The van der Waals surface area contributed by atoms with Gasteiger partial charge in [0, 0.05) is 11.3 Å². The number of carbonyl (C=O) groups is 2. The number of anilines is 1. The number of ether oxygens (including phenoxy) is 3. The third-order valence-corrected chi connectivity index (χ3v) is 6.34. The SMILES string of the molecule is COc1cc(C(=O)O)ccc1-c1cc(NC(=O)C2(c3ccc4c(c3)OCO4)CC2)ccc1C. The van der Waals surface area contributed by atoms with Crippen molar-refractivity contribution >= 4 is 17.6 Å². The second kappa shape index (κ2) is 7.85. The fourth-order valence-electron chi connectivity index (χ4n) is 4.25. The Bertz CT molecular complexity index is 1280. The lowest BCUT2D eigenvalue weighted by molar-refractivity contribution is -0.118. The number of carbonyl (C=O) groups excluding carboxylic acids is 1. The number of amides is 1. The molecule has 1 saturated carbocycles. The summed E-state index contributed by atoms with van der Waals surface area (Å²) < 4.78 is 16.3. The van der Waals surface area contributed by atoms with Gasteiger partial charge in [-0.1, -0.05) is 12.1 Å². The van der Waals surface area contributed by atoms with Crippen LogP contribution in [-0.4, -0.2) is 30.9 Å². The number of rotatable bonds is 6. The summed E-state index contributed by atoms with van der Waals surface area (Å²) in [5.74, 6) is 0.739. The van der Waals surface area contributed by atoms with Crippen LogP contribution in [0.25, 0.3) is 11.1 Å². The summed E-state index contributed by atoms with van der Waals surface area (Å²) in [6.07, 6.45) is 1.53. The third-order valence-electron chi connectivity index (χ3n) is 6.34. The molecule has 3 aromatic carbocycles. The minimum atomic E-state index is -1.02. The predicted octanol–water partition coefficient (Wildman–Crippen LogP) is 4.77. The lowest BCUT2D eigenvalue weighted by Crippen LogP contribution is -2.27. The molecule has 168 valence electrons. The van der Waals surface area contributed by atoms with Crippen LogP contribution >= 0.6 is 0 Å². The second-order valence-electron chi connectivity index (χ2n) is 8.35. The molecule has 3 aromatic rings. The highest BCUT2D eigenvalue weighted by atomic mass is 16.7. The van der Waals surface area contributed by atoms with E-state index in [9.17, 15) is 14.7 Å². The van der Waals surface area contributed by atoms with E-state index < -0.39 is 11.4 Å². The van der Waals surface area contributed by atoms with Gasteiger partial charge in [0.25, 0.3) is 0 Å². The van der Waals surface area contributed by atoms with Crippen LogP contribution in [0.15, 0.2) is 54.6 Å². The first-order valence-electron chi connectivity index (χ1n) is 10.7. The average molecular weight is 445 g/mol. The molecule has 7 nitrogen and oxygen atoms in total. The molecule has 33 heavy (non-hydrogen) atoms. The Kier molecular flexibility index (Phi) is 4.96. The highest BCUT2D eigenvalue weighted by molar-refractivity contribution is 6.02. The number of hydrogen-bond donors (Lipinski definition) is 2. The topological polar surface area (TPSA) is 94.1 Å². The number of aryl methyl sites for hydroxylation is 1. The zero-order chi connectivity index (χ0) is 23.2. The number of methoxy groups -OCH3 is 1. The van der Waals surface area contributed by atoms with Gasteiger partial charge < -0.3 is 24.6 Å². The van der Waals surface area contributed by atoms with E-state index in [1.165, 1.54) is 13.2 Å². The Labute approximate surface area is 190 Å². The largest absolute Gasteiger partial charge is 0.496 e. The molecule has 7 heteroatoms. The molecule has 1 aliphatic heterocycles. The van der Waals surface area contributed by atoms with Gasteiger partial charge in [0.2, 0.25) is 12.7 Å². The molecule has 0 unspecified atom stereocenters. The Balaban J connectivity index is 1.43. The van der Waals surface area contributed by atoms with Crippen LogP contribution in [0.5, 0.6) is 17.2 Å². The fraction of sp³-hybridized carbons (Fsp3) is 0.231. The van der Waals surface area contributed by atoms with E-state index in [0.29, 0.717) is 22.9 Å². The zero-order valence-corrected chi connectivity index (χ0v) is 18.3. The maximum Gasteiger partial charge on any atom is 0.335 e. The average Bonchev–Trinajstić information content (AvgIpc) is 3.50. The molecule has 5 rings (SSSR count). The summed E-state index contributed by atoms with van der Waals surface area (Å²) in [4.78, 5) is 24.6. The molecule has 1 amide bonds. The van der Waals surface area contributed by atoms with Gasteiger partial charge >= 0.3 is 5.97 Å². The van der Waals surface area contributed by atoms with Crippen molar-refractivity contribution in [1.29, 1.82) is 0 Å². The molecule has 0 aromatic heterocycles. The van der Waals surface area contributed by atoms with Crippen LogP contribution in [0, 0.1) is 6.92 Å². The Morgan fingerprint density at radius 3 is 2.48 bits per heavy atom. The summed E-state index contributed by atoms with van der Waals surface area (Å²) in [6, 6.07) is 16.1. The van der Waals surface area contributed by atoms with Gasteiger partial charge in [0.15, 0.2) is 11.5 Å². The summed E-state index contributed by atoms with van der Waals surface area (Å²) in [5, 5.41) is 12.3. The smallest absolute Gasteiger partial charge is 0.335 e. The molecular weight excluding hydrogens is 422 g/mol. The number of nitrogens with one attached hydrogen (secondary N) is 1. The van der Waals surface area contributed by atoms with Crippen LogP contribution < -0.4 is 19.5 Å². The van der Waals surface area contributed by atoms with Gasteiger partial charge in [-0.05, 0) is 78.9 Å². The minimum absolute atomic E-state index is 0.0654. The van der Waals surface area contributed by atoms with Crippen LogP contribution in [0.2, 0.25) is 0 Å². The number of benzene rings is 3. The number of carboxylic acid groups (broad SMARTS) is 1. The second-order valence-corrected chi connectivity index (χ2v) is 8.35. The Morgan fingerprint density at radius 1 is 0.970 bits per heavy atom. The van der Waals surface area contributed by atoms with E-state index in [1.54, 1.807) is 12.1 Å². The van der Waals surface area contributed by atoms with E-state index in [2.05, 4.69) is 5.32 Å². The maximum absolute atomic E-state index is 13.3. The third kappa shape index (κ3) is 3.65. The van der Waals surface area contributed by atoms with Crippen LogP contribution in [-0.2, 0) is 10.2 Å². The summed E-state index contributed by atoms with van der Waals surface area (Å²) in [6.45, 7) is 2.15. The summed E-state index contributed by atoms with van der Waals surface area (Å²) in [5.41, 5.74) is 3.75. The van der Waals surface area contributed by atoms with Crippen LogP contribution in [0.1, 0.15) is 34.3 Å². The minimum Gasteiger partial charge on any atom is -0.496 e. The molecule has 0 radical (unpaired) electrons. The van der Waals surface area contributed by atoms with Gasteiger partial charge in [-0.3, -0.25) is 4.79 Å². The van der Waals surface area contributed by atoms with Crippen molar-refractivity contribution < 1.29 is 28.9 Å². The Morgan fingerprint density at radius 2 is 1.76 bits per heavy atom. The molecule has 0 saturated heterocycles. The first-order valence-corrected chi connectivity index (χ1v) is 10.7. The van der Waals surface area contributed by atoms with Gasteiger partial charge in [0.1, 0.15) is 5.75 Å². The molecule has 0 atom stereocenters. The van der Waals surface area contributed by atoms with Crippen LogP contribution in [0.4, 0.5) is 5.69 Å². The fourth-order valence-corrected chi connectivity index (χ4v) is 4.25. The van der Waals surface area contributed by atoms with Crippen molar-refractivity contribution in [2.45, 2.75) is 25.2 Å². The number of aromatic carboxylic acids is 1. The summed E-state index contributed by atoms with van der Waals surface area (Å²) >= 11 is 0. The standard InChI is InChI=1S/C26H23NO6/c1-15-3-6-18(13-20(15)19-7-4-16(24(28)29)11-22(19)31-2)27-25(30)26(9-10-26)17-5-8-21-23(12-17)33-14-32-21/h3-8,11-13H,9-10,14H2,1-2H3,(H,27,30)(H,28,29). The zero-order valence-electron chi connectivity index (χ0n) is 18.3. The van der Waals surface area contributed by atoms with E-state index >= 15 is 0 Å². The van der Waals surface area contributed by atoms with Crippen molar-refractivity contribution in [3.63, 3.8) is 0 Å². The van der Waals surface area contributed by atoms with E-state index in [-0.39, 0.29) is 18.3 Å². The first kappa shape index (κ1) is 20.9. The molecule has 1 heterocycles. The van der Waals surface area contributed by atoms with Crippen molar-refractivity contribution in [1.82, 2.24) is 0 Å². The predicted molar refractivity (Wildman–Crippen MR) is 122 cm³/mol. The van der Waals surface area contributed by atoms with Crippen molar-refractivity contribution in [2.24, 2.45) is 0 Å². The maximum atomic E-state index is 13.3. The van der Waals surface area contributed by atoms with Crippen molar-refractivity contribution in [2.75, 3.05) is 19.2 Å². The van der Waals surface area contributed by atoms with Crippen molar-refractivity contribution in [3.8, 4) is 28.4 Å². The van der Waals surface area contributed by atoms with E-state index in [4.69, 9.17) is 14.2 Å². The first-order chi connectivity index (χ1) is 15.9. The molecule has 0 bridgehead atoms. The van der Waals surface area contributed by atoms with Gasteiger partial charge in [-0.15, -0.1) is 0 Å². The number of carboxylic acids is 1. The highest BCUT2D eigenvalue weighted by Gasteiger charge is 2.51. The lowest BCUT2D eigenvalue weighted by atomic mass is 9.94. The van der Waals surface area contributed by atoms with E-state index in [1.807, 2.05) is 43.3 Å². The summed E-state index contributed by atoms with van der Waals surface area (Å²) in [7, 11) is 1.51. The van der Waals surface area contributed by atoms with Crippen molar-refractivity contribution in [3.05, 3.63) is 71.3 Å². The lowest BCUT2D eigenvalue weighted by Gasteiger charge is -2.18. The Hall–Kier alpha value is -4.00. The molecule has 2 N–H and O–H groups in total. The monoisotopic (exact) mass is 445 g/mol. The molecule has 1 fully saturated rings. The molecule has 2 aliphatic rings. The van der Waals surface area contributed by atoms with Crippen LogP contribution in [0.3, 0.4) is 0 Å². The van der Waals surface area contributed by atoms with Gasteiger partial charge in [-0.2, -0.15) is 0 Å². The molecule has 0 spiro atoms. The van der Waals surface area contributed by atoms with Gasteiger partial charge in [-0.25, -0.2) is 4.79 Å². The normalized spacial score (nSPS) is 15.1. The molecular formula is C26H23NO6. The highest BCUT2D eigenvalue weighted by Crippen LogP contribution is 2.51. The van der Waals surface area contributed by atoms with Gasteiger partial charge in [0.05, 0.1) is 18.1 Å². The quantitative estimate of drug-likeness (QED) is 0.568. The van der Waals surface area contributed by atoms with E-state index in [0.717, 1.165) is 35.1 Å². The number of fused-ring (bicyclic) bond motifs is 1. The molecule has 1 aliphatic carbocycles.